The predicted octanol–water partition coefficient (Wildman–Crippen LogP) is -1.47. The Kier molecular flexibility index (Phi) is 5.71. The Bertz CT molecular complexity index is 272. The van der Waals surface area contributed by atoms with Gasteiger partial charge in [-0.15, -0.1) is 0 Å². The Balaban J connectivity index is 2.21. The molecule has 2 amide bonds. The average Bonchev–Trinajstić information content (AvgIpc) is 2.73. The molecule has 1 unspecified atom stereocenters. The van der Waals surface area contributed by atoms with Gasteiger partial charge in [0.25, 0.3) is 0 Å². The van der Waals surface area contributed by atoms with Gasteiger partial charge in [-0.2, -0.15) is 0 Å². The monoisotopic (exact) mass is 245 g/mol. The predicted molar refractivity (Wildman–Crippen MR) is 60.5 cm³/mol. The van der Waals surface area contributed by atoms with Gasteiger partial charge in [0, 0.05) is 25.7 Å². The molecular formula is C10H19N3O4. The lowest BCUT2D eigenvalue weighted by atomic mass is 10.3. The van der Waals surface area contributed by atoms with E-state index in [1.54, 1.807) is 0 Å². The minimum absolute atomic E-state index is 0.0353. The van der Waals surface area contributed by atoms with E-state index in [1.807, 2.05) is 4.90 Å². The van der Waals surface area contributed by atoms with Crippen molar-refractivity contribution in [1.82, 2.24) is 15.5 Å². The second kappa shape index (κ2) is 7.08. The number of aliphatic hydroxyl groups excluding tert-OH is 1. The maximum Gasteiger partial charge on any atom is 0.407 e. The molecule has 7 nitrogen and oxygen atoms in total. The lowest BCUT2D eigenvalue weighted by Gasteiger charge is -2.15. The lowest BCUT2D eigenvalue weighted by molar-refractivity contribution is -0.122. The van der Waals surface area contributed by atoms with E-state index < -0.39 is 6.09 Å². The number of nitrogens with one attached hydrogen (secondary N) is 2. The van der Waals surface area contributed by atoms with Crippen molar-refractivity contribution in [2.24, 2.45) is 0 Å². The number of ether oxygens (including phenoxy) is 1. The van der Waals surface area contributed by atoms with E-state index in [1.165, 1.54) is 7.11 Å². The van der Waals surface area contributed by atoms with Crippen LogP contribution < -0.4 is 10.6 Å². The van der Waals surface area contributed by atoms with Crippen molar-refractivity contribution in [3.8, 4) is 0 Å². The summed E-state index contributed by atoms with van der Waals surface area (Å²) in [6.07, 6.45) is 0.365. The van der Waals surface area contributed by atoms with Gasteiger partial charge in [-0.1, -0.05) is 0 Å². The number of hydrogen-bond acceptors (Lipinski definition) is 5. The zero-order valence-electron chi connectivity index (χ0n) is 9.94. The second-order valence-corrected chi connectivity index (χ2v) is 3.93. The first-order valence-corrected chi connectivity index (χ1v) is 5.60. The fourth-order valence-corrected chi connectivity index (χ4v) is 1.77. The Labute approximate surface area is 100 Å². The van der Waals surface area contributed by atoms with Gasteiger partial charge in [-0.25, -0.2) is 4.79 Å². The summed E-state index contributed by atoms with van der Waals surface area (Å²) in [5.41, 5.74) is 0. The van der Waals surface area contributed by atoms with Crippen LogP contribution in [-0.2, 0) is 9.53 Å². The Hall–Kier alpha value is -1.34. The number of rotatable bonds is 5. The van der Waals surface area contributed by atoms with Crippen molar-refractivity contribution in [2.75, 3.05) is 39.9 Å². The van der Waals surface area contributed by atoms with Crippen molar-refractivity contribution in [1.29, 1.82) is 0 Å². The molecule has 7 heteroatoms. The first-order valence-electron chi connectivity index (χ1n) is 5.60. The number of aliphatic hydroxyl groups is 1. The van der Waals surface area contributed by atoms with Gasteiger partial charge < -0.3 is 20.5 Å². The molecule has 0 radical (unpaired) electrons. The van der Waals surface area contributed by atoms with Crippen molar-refractivity contribution >= 4 is 12.0 Å². The van der Waals surface area contributed by atoms with Crippen molar-refractivity contribution < 1.29 is 19.4 Å². The summed E-state index contributed by atoms with van der Waals surface area (Å²) in [5.74, 6) is -0.113. The van der Waals surface area contributed by atoms with Crippen LogP contribution in [0, 0.1) is 0 Å². The minimum atomic E-state index is -0.443. The fraction of sp³-hybridized carbons (Fsp3) is 0.800. The molecule has 1 heterocycles. The first-order chi connectivity index (χ1) is 8.15. The molecule has 0 spiro atoms. The molecule has 0 aromatic heterocycles. The molecule has 1 aliphatic heterocycles. The van der Waals surface area contributed by atoms with Crippen LogP contribution in [0.4, 0.5) is 4.79 Å². The highest BCUT2D eigenvalue weighted by molar-refractivity contribution is 5.78. The number of likely N-dealkylation sites (tertiary alicyclic amines) is 1. The van der Waals surface area contributed by atoms with Crippen LogP contribution in [0.25, 0.3) is 0 Å². The summed E-state index contributed by atoms with van der Waals surface area (Å²) in [6.45, 7) is 1.91. The largest absolute Gasteiger partial charge is 0.453 e. The average molecular weight is 245 g/mol. The lowest BCUT2D eigenvalue weighted by Crippen LogP contribution is -2.40. The molecule has 98 valence electrons. The SMILES string of the molecule is COC(=O)NC1CCN(CC(=O)NCCO)C1. The van der Waals surface area contributed by atoms with Gasteiger partial charge in [0.15, 0.2) is 0 Å². The highest BCUT2D eigenvalue weighted by Crippen LogP contribution is 2.08. The van der Waals surface area contributed by atoms with Gasteiger partial charge in [0.05, 0.1) is 20.3 Å². The van der Waals surface area contributed by atoms with Crippen LogP contribution >= 0.6 is 0 Å². The van der Waals surface area contributed by atoms with Crippen LogP contribution in [0.5, 0.6) is 0 Å². The van der Waals surface area contributed by atoms with E-state index in [0.717, 1.165) is 13.0 Å². The van der Waals surface area contributed by atoms with E-state index >= 15 is 0 Å². The number of carbonyl (C=O) groups excluding carboxylic acids is 2. The van der Waals surface area contributed by atoms with Gasteiger partial charge in [-0.05, 0) is 6.42 Å². The van der Waals surface area contributed by atoms with Gasteiger partial charge in [-0.3, -0.25) is 9.69 Å². The molecular weight excluding hydrogens is 226 g/mol. The highest BCUT2D eigenvalue weighted by Gasteiger charge is 2.25. The standard InChI is InChI=1S/C10H19N3O4/c1-17-10(16)12-8-2-4-13(6-8)7-9(15)11-3-5-14/h8,14H,2-7H2,1H3,(H,11,15)(H,12,16). The van der Waals surface area contributed by atoms with Crippen LogP contribution in [0.1, 0.15) is 6.42 Å². The minimum Gasteiger partial charge on any atom is -0.453 e. The Morgan fingerprint density at radius 2 is 2.29 bits per heavy atom. The number of methoxy groups -OCH3 is 1. The normalized spacial score (nSPS) is 20.0. The molecule has 0 aromatic carbocycles. The summed E-state index contributed by atoms with van der Waals surface area (Å²) in [7, 11) is 1.32. The first kappa shape index (κ1) is 13.7. The van der Waals surface area contributed by atoms with Crippen LogP contribution in [0.2, 0.25) is 0 Å². The van der Waals surface area contributed by atoms with Gasteiger partial charge >= 0.3 is 6.09 Å². The van der Waals surface area contributed by atoms with Crippen molar-refractivity contribution in [2.45, 2.75) is 12.5 Å². The molecule has 0 aromatic rings. The van der Waals surface area contributed by atoms with Crippen LogP contribution in [0.15, 0.2) is 0 Å². The Morgan fingerprint density at radius 1 is 1.53 bits per heavy atom. The zero-order valence-corrected chi connectivity index (χ0v) is 9.94. The molecule has 0 saturated carbocycles. The number of amides is 2. The number of alkyl carbamates (subject to hydrolysis) is 1. The summed E-state index contributed by atoms with van der Waals surface area (Å²) >= 11 is 0. The molecule has 1 fully saturated rings. The molecule has 1 aliphatic rings. The summed E-state index contributed by atoms with van der Waals surface area (Å²) in [5, 5.41) is 13.8. The fourth-order valence-electron chi connectivity index (χ4n) is 1.77. The summed E-state index contributed by atoms with van der Waals surface area (Å²) < 4.78 is 4.51. The second-order valence-electron chi connectivity index (χ2n) is 3.93. The maximum absolute atomic E-state index is 11.4. The molecule has 1 saturated heterocycles. The maximum atomic E-state index is 11.4. The van der Waals surface area contributed by atoms with Crippen molar-refractivity contribution in [3.63, 3.8) is 0 Å². The third-order valence-electron chi connectivity index (χ3n) is 2.58. The van der Waals surface area contributed by atoms with E-state index in [4.69, 9.17) is 5.11 Å². The van der Waals surface area contributed by atoms with E-state index in [0.29, 0.717) is 13.1 Å². The van der Waals surface area contributed by atoms with Gasteiger partial charge in [0.1, 0.15) is 0 Å². The van der Waals surface area contributed by atoms with Crippen LogP contribution in [-0.4, -0.2) is 67.9 Å². The van der Waals surface area contributed by atoms with Gasteiger partial charge in [0.2, 0.25) is 5.91 Å². The van der Waals surface area contributed by atoms with Crippen molar-refractivity contribution in [3.05, 3.63) is 0 Å². The molecule has 0 aliphatic carbocycles. The Morgan fingerprint density at radius 3 is 2.94 bits per heavy atom. The van der Waals surface area contributed by atoms with Crippen LogP contribution in [0.3, 0.4) is 0 Å². The number of carbonyl (C=O) groups is 2. The van der Waals surface area contributed by atoms with E-state index in [2.05, 4.69) is 15.4 Å². The molecule has 1 atom stereocenters. The molecule has 1 rings (SSSR count). The number of nitrogens with zero attached hydrogens (tertiary/aromatic N) is 1. The molecule has 0 bridgehead atoms. The summed E-state index contributed by atoms with van der Waals surface area (Å²) in [6, 6.07) is 0.0353. The third-order valence-corrected chi connectivity index (χ3v) is 2.58. The smallest absolute Gasteiger partial charge is 0.407 e. The third kappa shape index (κ3) is 5.01. The molecule has 3 N–H and O–H groups in total. The number of hydrogen-bond donors (Lipinski definition) is 3. The zero-order chi connectivity index (χ0) is 12.7. The quantitative estimate of drug-likeness (QED) is 0.550. The van der Waals surface area contributed by atoms with E-state index in [-0.39, 0.29) is 25.1 Å². The molecule has 17 heavy (non-hydrogen) atoms. The highest BCUT2D eigenvalue weighted by atomic mass is 16.5. The van der Waals surface area contributed by atoms with E-state index in [9.17, 15) is 9.59 Å². The topological polar surface area (TPSA) is 90.9 Å². The summed E-state index contributed by atoms with van der Waals surface area (Å²) in [4.78, 5) is 24.3.